The third-order valence-electron chi connectivity index (χ3n) is 2.29. The summed E-state index contributed by atoms with van der Waals surface area (Å²) >= 11 is 8.23. The first-order valence-electron chi connectivity index (χ1n) is 5.24. The Morgan fingerprint density at radius 1 is 1.42 bits per heavy atom. The minimum Gasteiger partial charge on any atom is -0.347 e. The van der Waals surface area contributed by atoms with E-state index in [-0.39, 0.29) is 5.91 Å². The van der Waals surface area contributed by atoms with Gasteiger partial charge < -0.3 is 10.7 Å². The Bertz CT molecular complexity index is 602. The van der Waals surface area contributed by atoms with Gasteiger partial charge in [0.2, 0.25) is 0 Å². The van der Waals surface area contributed by atoms with E-state index >= 15 is 0 Å². The Hall–Kier alpha value is -0.960. The number of nitrogens with two attached hydrogens (primary N) is 1. The van der Waals surface area contributed by atoms with Crippen molar-refractivity contribution in [1.82, 2.24) is 10.3 Å². The lowest BCUT2D eigenvalue weighted by atomic mass is 10.2. The lowest BCUT2D eigenvalue weighted by molar-refractivity contribution is 0.0951. The third-order valence-corrected chi connectivity index (χ3v) is 4.35. The Balaban J connectivity index is 2.09. The summed E-state index contributed by atoms with van der Waals surface area (Å²) in [5.74, 6) is 5.45. The fourth-order valence-electron chi connectivity index (χ4n) is 1.44. The molecule has 0 saturated heterocycles. The summed E-state index contributed by atoms with van der Waals surface area (Å²) in [6.45, 7) is 0.464. The number of anilines is 1. The molecule has 0 unspecified atom stereocenters. The molecule has 1 amide bonds. The zero-order chi connectivity index (χ0) is 13.8. The van der Waals surface area contributed by atoms with Gasteiger partial charge in [-0.05, 0) is 50.1 Å². The van der Waals surface area contributed by atoms with Gasteiger partial charge in [-0.3, -0.25) is 4.79 Å². The highest BCUT2D eigenvalue weighted by molar-refractivity contribution is 9.11. The van der Waals surface area contributed by atoms with Crippen molar-refractivity contribution in [1.29, 1.82) is 0 Å². The summed E-state index contributed by atoms with van der Waals surface area (Å²) in [7, 11) is 0. The van der Waals surface area contributed by atoms with Gasteiger partial charge in [0.15, 0.2) is 5.82 Å². The zero-order valence-electron chi connectivity index (χ0n) is 9.61. The molecule has 0 aliphatic carbocycles. The molecule has 0 aliphatic heterocycles. The molecule has 0 aromatic carbocycles. The van der Waals surface area contributed by atoms with Crippen LogP contribution in [0.15, 0.2) is 32.7 Å². The molecule has 8 heteroatoms. The molecule has 0 fully saturated rings. The normalized spacial score (nSPS) is 10.3. The van der Waals surface area contributed by atoms with E-state index in [1.807, 2.05) is 12.1 Å². The van der Waals surface area contributed by atoms with E-state index in [0.717, 1.165) is 13.1 Å². The average Bonchev–Trinajstić information content (AvgIpc) is 2.81. The molecule has 0 radical (unpaired) electrons. The van der Waals surface area contributed by atoms with Crippen molar-refractivity contribution in [3.63, 3.8) is 0 Å². The Morgan fingerprint density at radius 2 is 2.21 bits per heavy atom. The first-order valence-corrected chi connectivity index (χ1v) is 7.65. The summed E-state index contributed by atoms with van der Waals surface area (Å²) in [4.78, 5) is 17.2. The molecule has 2 heterocycles. The van der Waals surface area contributed by atoms with Crippen molar-refractivity contribution in [2.24, 2.45) is 5.84 Å². The topological polar surface area (TPSA) is 80.0 Å². The maximum absolute atomic E-state index is 12.1. The van der Waals surface area contributed by atoms with Crippen molar-refractivity contribution in [2.45, 2.75) is 6.54 Å². The van der Waals surface area contributed by atoms with Crippen LogP contribution >= 0.6 is 43.2 Å². The van der Waals surface area contributed by atoms with Crippen LogP contribution in [0.1, 0.15) is 15.2 Å². The van der Waals surface area contributed by atoms with Gasteiger partial charge in [-0.2, -0.15) is 0 Å². The van der Waals surface area contributed by atoms with Gasteiger partial charge in [0, 0.05) is 15.5 Å². The number of aromatic nitrogens is 1. The van der Waals surface area contributed by atoms with Crippen molar-refractivity contribution in [3.05, 3.63) is 43.1 Å². The molecule has 2 aromatic heterocycles. The van der Waals surface area contributed by atoms with Gasteiger partial charge >= 0.3 is 0 Å². The van der Waals surface area contributed by atoms with Crippen molar-refractivity contribution >= 4 is 54.9 Å². The van der Waals surface area contributed by atoms with Gasteiger partial charge in [0.25, 0.3) is 5.91 Å². The number of thiophene rings is 1. The highest BCUT2D eigenvalue weighted by Crippen LogP contribution is 2.22. The second kappa shape index (κ2) is 6.47. The fraction of sp³-hybridized carbons (Fsp3) is 0.0909. The van der Waals surface area contributed by atoms with Crippen LogP contribution in [0, 0.1) is 0 Å². The molecule has 19 heavy (non-hydrogen) atoms. The molecular weight excluding hydrogens is 396 g/mol. The second-order valence-electron chi connectivity index (χ2n) is 3.58. The van der Waals surface area contributed by atoms with Crippen molar-refractivity contribution in [3.8, 4) is 0 Å². The van der Waals surface area contributed by atoms with Crippen LogP contribution in [0.4, 0.5) is 5.82 Å². The zero-order valence-corrected chi connectivity index (χ0v) is 13.6. The number of carbonyl (C=O) groups is 1. The first kappa shape index (κ1) is 14.4. The van der Waals surface area contributed by atoms with Gasteiger partial charge in [-0.25, -0.2) is 10.8 Å². The summed E-state index contributed by atoms with van der Waals surface area (Å²) < 4.78 is 1.75. The van der Waals surface area contributed by atoms with Crippen LogP contribution in [-0.2, 0) is 6.54 Å². The van der Waals surface area contributed by atoms with Crippen molar-refractivity contribution < 1.29 is 4.79 Å². The molecular formula is C11H10Br2N4OS. The SMILES string of the molecule is NNc1ncc(Br)cc1C(=O)NCc1ccc(Br)s1. The van der Waals surface area contributed by atoms with Crippen LogP contribution in [0.3, 0.4) is 0 Å². The predicted octanol–water partition coefficient (Wildman–Crippen LogP) is 2.88. The molecule has 100 valence electrons. The van der Waals surface area contributed by atoms with Gasteiger partial charge in [0.05, 0.1) is 15.9 Å². The van der Waals surface area contributed by atoms with Crippen LogP contribution in [-0.4, -0.2) is 10.9 Å². The first-order chi connectivity index (χ1) is 9.10. The molecule has 2 aromatic rings. The number of halogens is 2. The predicted molar refractivity (Wildman–Crippen MR) is 82.9 cm³/mol. The molecule has 0 aliphatic rings. The van der Waals surface area contributed by atoms with E-state index in [0.29, 0.717) is 17.9 Å². The minimum absolute atomic E-state index is 0.230. The summed E-state index contributed by atoms with van der Waals surface area (Å²) in [6, 6.07) is 5.57. The van der Waals surface area contributed by atoms with Crippen molar-refractivity contribution in [2.75, 3.05) is 5.43 Å². The van der Waals surface area contributed by atoms with Gasteiger partial charge in [-0.15, -0.1) is 11.3 Å². The number of nitrogen functional groups attached to an aromatic ring is 1. The smallest absolute Gasteiger partial charge is 0.255 e. The third kappa shape index (κ3) is 3.75. The number of nitrogens with zero attached hydrogens (tertiary/aromatic N) is 1. The van der Waals surface area contributed by atoms with Gasteiger partial charge in [-0.1, -0.05) is 0 Å². The summed E-state index contributed by atoms with van der Waals surface area (Å²) in [5.41, 5.74) is 2.80. The number of rotatable bonds is 4. The number of pyridine rings is 1. The molecule has 0 atom stereocenters. The summed E-state index contributed by atoms with van der Waals surface area (Å²) in [5, 5.41) is 2.82. The lowest BCUT2D eigenvalue weighted by Gasteiger charge is -2.08. The van der Waals surface area contributed by atoms with Gasteiger partial charge in [0.1, 0.15) is 0 Å². The molecule has 2 rings (SSSR count). The van der Waals surface area contributed by atoms with E-state index in [2.05, 4.69) is 47.6 Å². The quantitative estimate of drug-likeness (QED) is 0.539. The molecule has 0 saturated carbocycles. The molecule has 5 nitrogen and oxygen atoms in total. The van der Waals surface area contributed by atoms with Crippen LogP contribution in [0.25, 0.3) is 0 Å². The fourth-order valence-corrected chi connectivity index (χ4v) is 3.19. The number of hydrogen-bond donors (Lipinski definition) is 3. The van der Waals surface area contributed by atoms with E-state index in [1.54, 1.807) is 23.6 Å². The Labute approximate surface area is 130 Å². The molecule has 4 N–H and O–H groups in total. The highest BCUT2D eigenvalue weighted by Gasteiger charge is 2.13. The Kier molecular flexibility index (Phi) is 4.92. The summed E-state index contributed by atoms with van der Waals surface area (Å²) in [6.07, 6.45) is 1.57. The maximum atomic E-state index is 12.1. The van der Waals surface area contributed by atoms with E-state index in [1.165, 1.54) is 0 Å². The molecule has 0 spiro atoms. The van der Waals surface area contributed by atoms with E-state index < -0.39 is 0 Å². The van der Waals surface area contributed by atoms with Crippen LogP contribution in [0.2, 0.25) is 0 Å². The van der Waals surface area contributed by atoms with Crippen LogP contribution < -0.4 is 16.6 Å². The number of hydrazine groups is 1. The standard InChI is InChI=1S/C11H10Br2N4OS/c12-6-3-8(10(17-14)15-4-6)11(18)16-5-7-1-2-9(13)19-7/h1-4H,5,14H2,(H,15,17)(H,16,18). The second-order valence-corrected chi connectivity index (χ2v) is 7.05. The Morgan fingerprint density at radius 3 is 2.84 bits per heavy atom. The van der Waals surface area contributed by atoms with E-state index in [9.17, 15) is 4.79 Å². The molecule has 0 bridgehead atoms. The monoisotopic (exact) mass is 404 g/mol. The average molecular weight is 406 g/mol. The lowest BCUT2D eigenvalue weighted by Crippen LogP contribution is -2.25. The number of nitrogens with one attached hydrogen (secondary N) is 2. The highest BCUT2D eigenvalue weighted by atomic mass is 79.9. The minimum atomic E-state index is -0.230. The maximum Gasteiger partial charge on any atom is 0.255 e. The van der Waals surface area contributed by atoms with E-state index in [4.69, 9.17) is 5.84 Å². The number of hydrogen-bond acceptors (Lipinski definition) is 5. The number of carbonyl (C=O) groups excluding carboxylic acids is 1. The number of amides is 1. The van der Waals surface area contributed by atoms with Crippen LogP contribution in [0.5, 0.6) is 0 Å². The largest absolute Gasteiger partial charge is 0.347 e.